The van der Waals surface area contributed by atoms with Crippen molar-refractivity contribution in [1.29, 1.82) is 0 Å². The number of amides is 1. The lowest BCUT2D eigenvalue weighted by molar-refractivity contribution is 0.0995. The summed E-state index contributed by atoms with van der Waals surface area (Å²) in [5, 5.41) is 0. The fraction of sp³-hybridized carbons (Fsp3) is 0.278. The first kappa shape index (κ1) is 14.4. The third kappa shape index (κ3) is 3.58. The smallest absolute Gasteiger partial charge is 0.252 e. The van der Waals surface area contributed by atoms with Crippen LogP contribution in [0.3, 0.4) is 0 Å². The Morgan fingerprint density at radius 3 is 2.50 bits per heavy atom. The number of primary amides is 1. The molecule has 2 aromatic rings. The Bertz CT molecular complexity index is 651. The maximum absolute atomic E-state index is 11.6. The highest BCUT2D eigenvalue weighted by Crippen LogP contribution is 2.35. The molecule has 1 amide bonds. The number of benzene rings is 2. The second kappa shape index (κ2) is 6.52. The van der Waals surface area contributed by atoms with E-state index in [1.165, 1.54) is 12.8 Å². The molecule has 0 aliphatic heterocycles. The molecule has 1 saturated carbocycles. The Hall–Kier alpha value is -2.49. The van der Waals surface area contributed by atoms with Gasteiger partial charge in [0.15, 0.2) is 11.5 Å². The van der Waals surface area contributed by atoms with Crippen molar-refractivity contribution in [2.75, 3.05) is 6.61 Å². The molecule has 0 unspecified atom stereocenters. The molecule has 4 nitrogen and oxygen atoms in total. The lowest BCUT2D eigenvalue weighted by Crippen LogP contribution is -2.14. The van der Waals surface area contributed by atoms with Gasteiger partial charge in [0.25, 0.3) is 5.91 Å². The van der Waals surface area contributed by atoms with Crippen LogP contribution in [0, 0.1) is 5.92 Å². The SMILES string of the molecule is NC(=O)c1cccc(OCc2ccccc2)c1OCC1CC1. The molecule has 3 rings (SSSR count). The maximum atomic E-state index is 11.6. The second-order valence-electron chi connectivity index (χ2n) is 5.53. The molecule has 0 aromatic heterocycles. The van der Waals surface area contributed by atoms with Crippen molar-refractivity contribution in [3.63, 3.8) is 0 Å². The summed E-state index contributed by atoms with van der Waals surface area (Å²) in [6.07, 6.45) is 2.36. The average molecular weight is 297 g/mol. The largest absolute Gasteiger partial charge is 0.489 e. The highest BCUT2D eigenvalue weighted by Gasteiger charge is 2.24. The quantitative estimate of drug-likeness (QED) is 0.854. The van der Waals surface area contributed by atoms with Gasteiger partial charge in [-0.05, 0) is 36.5 Å². The van der Waals surface area contributed by atoms with Crippen LogP contribution >= 0.6 is 0 Å². The Labute approximate surface area is 129 Å². The van der Waals surface area contributed by atoms with Gasteiger partial charge in [-0.25, -0.2) is 0 Å². The molecule has 0 spiro atoms. The van der Waals surface area contributed by atoms with Gasteiger partial charge in [-0.3, -0.25) is 4.79 Å². The minimum Gasteiger partial charge on any atom is -0.489 e. The normalized spacial score (nSPS) is 13.6. The van der Waals surface area contributed by atoms with Crippen LogP contribution in [0.1, 0.15) is 28.8 Å². The van der Waals surface area contributed by atoms with Crippen LogP contribution in [-0.4, -0.2) is 12.5 Å². The zero-order valence-electron chi connectivity index (χ0n) is 12.3. The summed E-state index contributed by atoms with van der Waals surface area (Å²) in [6, 6.07) is 15.1. The molecule has 1 aliphatic carbocycles. The molecule has 0 bridgehead atoms. The Morgan fingerprint density at radius 1 is 1.05 bits per heavy atom. The summed E-state index contributed by atoms with van der Waals surface area (Å²) in [6.45, 7) is 1.02. The topological polar surface area (TPSA) is 61.6 Å². The molecule has 2 N–H and O–H groups in total. The predicted octanol–water partition coefficient (Wildman–Crippen LogP) is 3.15. The highest BCUT2D eigenvalue weighted by atomic mass is 16.5. The van der Waals surface area contributed by atoms with Gasteiger partial charge in [0.1, 0.15) is 6.61 Å². The fourth-order valence-electron chi connectivity index (χ4n) is 2.19. The van der Waals surface area contributed by atoms with Crippen molar-refractivity contribution < 1.29 is 14.3 Å². The van der Waals surface area contributed by atoms with Crippen LogP contribution in [0.25, 0.3) is 0 Å². The van der Waals surface area contributed by atoms with Gasteiger partial charge in [-0.1, -0.05) is 36.4 Å². The van der Waals surface area contributed by atoms with Gasteiger partial charge < -0.3 is 15.2 Å². The number of carbonyl (C=O) groups excluding carboxylic acids is 1. The summed E-state index contributed by atoms with van der Waals surface area (Å²) in [5.41, 5.74) is 6.86. The van der Waals surface area contributed by atoms with Crippen LogP contribution in [0.5, 0.6) is 11.5 Å². The number of hydrogen-bond acceptors (Lipinski definition) is 3. The predicted molar refractivity (Wildman–Crippen MR) is 84.0 cm³/mol. The van der Waals surface area contributed by atoms with Crippen molar-refractivity contribution >= 4 is 5.91 Å². The van der Waals surface area contributed by atoms with Crippen molar-refractivity contribution in [3.05, 3.63) is 59.7 Å². The van der Waals surface area contributed by atoms with Gasteiger partial charge in [0, 0.05) is 0 Å². The van der Waals surface area contributed by atoms with E-state index in [1.54, 1.807) is 18.2 Å². The van der Waals surface area contributed by atoms with Crippen LogP contribution in [0.15, 0.2) is 48.5 Å². The summed E-state index contributed by atoms with van der Waals surface area (Å²) in [7, 11) is 0. The summed E-state index contributed by atoms with van der Waals surface area (Å²) >= 11 is 0. The number of ether oxygens (including phenoxy) is 2. The van der Waals surface area contributed by atoms with Crippen LogP contribution in [0.2, 0.25) is 0 Å². The summed E-state index contributed by atoms with van der Waals surface area (Å²) in [5.74, 6) is 1.09. The van der Waals surface area contributed by atoms with Crippen molar-refractivity contribution in [2.45, 2.75) is 19.4 Å². The first-order valence-corrected chi connectivity index (χ1v) is 7.46. The molecular weight excluding hydrogens is 278 g/mol. The molecule has 0 saturated heterocycles. The highest BCUT2D eigenvalue weighted by molar-refractivity contribution is 5.96. The zero-order valence-corrected chi connectivity index (χ0v) is 12.3. The number of nitrogens with two attached hydrogens (primary N) is 1. The van der Waals surface area contributed by atoms with Gasteiger partial charge in [0.05, 0.1) is 12.2 Å². The monoisotopic (exact) mass is 297 g/mol. The summed E-state index contributed by atoms with van der Waals surface area (Å²) in [4.78, 5) is 11.6. The third-order valence-electron chi connectivity index (χ3n) is 3.64. The maximum Gasteiger partial charge on any atom is 0.252 e. The van der Waals surface area contributed by atoms with Crippen LogP contribution < -0.4 is 15.2 Å². The lowest BCUT2D eigenvalue weighted by atomic mass is 10.1. The second-order valence-corrected chi connectivity index (χ2v) is 5.53. The van der Waals surface area contributed by atoms with Crippen molar-refractivity contribution in [2.24, 2.45) is 11.7 Å². The van der Waals surface area contributed by atoms with Gasteiger partial charge in [-0.15, -0.1) is 0 Å². The first-order chi connectivity index (χ1) is 10.7. The van der Waals surface area contributed by atoms with Gasteiger partial charge in [-0.2, -0.15) is 0 Å². The van der Waals surface area contributed by atoms with Crippen LogP contribution in [0.4, 0.5) is 0 Å². The van der Waals surface area contributed by atoms with E-state index in [0.29, 0.717) is 36.2 Å². The molecule has 1 aliphatic rings. The lowest BCUT2D eigenvalue weighted by Gasteiger charge is -2.15. The molecule has 4 heteroatoms. The molecule has 22 heavy (non-hydrogen) atoms. The third-order valence-corrected chi connectivity index (χ3v) is 3.64. The van der Waals surface area contributed by atoms with Crippen LogP contribution in [-0.2, 0) is 6.61 Å². The molecule has 1 fully saturated rings. The van der Waals surface area contributed by atoms with E-state index >= 15 is 0 Å². The average Bonchev–Trinajstić information content (AvgIpc) is 3.36. The van der Waals surface area contributed by atoms with E-state index in [4.69, 9.17) is 15.2 Å². The summed E-state index contributed by atoms with van der Waals surface area (Å²) < 4.78 is 11.7. The Balaban J connectivity index is 1.78. The standard InChI is InChI=1S/C18H19NO3/c19-18(20)15-7-4-8-16(17(15)22-12-14-9-10-14)21-11-13-5-2-1-3-6-13/h1-8,14H,9-12H2,(H2,19,20). The zero-order chi connectivity index (χ0) is 15.4. The van der Waals surface area contributed by atoms with Gasteiger partial charge in [0.2, 0.25) is 0 Å². The first-order valence-electron chi connectivity index (χ1n) is 7.46. The van der Waals surface area contributed by atoms with E-state index < -0.39 is 5.91 Å². The van der Waals surface area contributed by atoms with E-state index in [2.05, 4.69) is 0 Å². The fourth-order valence-corrected chi connectivity index (χ4v) is 2.19. The molecule has 0 atom stereocenters. The molecular formula is C18H19NO3. The van der Waals surface area contributed by atoms with E-state index in [0.717, 1.165) is 5.56 Å². The van der Waals surface area contributed by atoms with Crippen molar-refractivity contribution in [1.82, 2.24) is 0 Å². The molecule has 114 valence electrons. The minimum atomic E-state index is -0.504. The van der Waals surface area contributed by atoms with Crippen molar-refractivity contribution in [3.8, 4) is 11.5 Å². The molecule has 2 aromatic carbocycles. The number of hydrogen-bond donors (Lipinski definition) is 1. The number of rotatable bonds is 7. The van der Waals surface area contributed by atoms with E-state index in [1.807, 2.05) is 30.3 Å². The Morgan fingerprint density at radius 2 is 1.82 bits per heavy atom. The minimum absolute atomic E-state index is 0.367. The molecule has 0 radical (unpaired) electrons. The van der Waals surface area contributed by atoms with E-state index in [9.17, 15) is 4.79 Å². The molecule has 0 heterocycles. The number of carbonyl (C=O) groups is 1. The van der Waals surface area contributed by atoms with Gasteiger partial charge >= 0.3 is 0 Å². The Kier molecular flexibility index (Phi) is 4.28. The van der Waals surface area contributed by atoms with E-state index in [-0.39, 0.29) is 0 Å². The number of para-hydroxylation sites is 1.